The van der Waals surface area contributed by atoms with Crippen molar-refractivity contribution < 1.29 is 22.5 Å². The molecule has 1 aliphatic rings. The Morgan fingerprint density at radius 3 is 2.65 bits per heavy atom. The number of hydrogen-bond acceptors (Lipinski definition) is 8. The van der Waals surface area contributed by atoms with Gasteiger partial charge in [-0.3, -0.25) is 9.48 Å². The number of rotatable bonds is 5. The summed E-state index contributed by atoms with van der Waals surface area (Å²) in [7, 11) is 1.22. The lowest BCUT2D eigenvalue weighted by Gasteiger charge is -2.19. The van der Waals surface area contributed by atoms with Crippen molar-refractivity contribution >= 4 is 17.5 Å². The fraction of sp³-hybridized carbons (Fsp3) is 0.407. The van der Waals surface area contributed by atoms with Crippen LogP contribution in [0.4, 0.5) is 24.8 Å². The van der Waals surface area contributed by atoms with E-state index in [1.54, 1.807) is 6.07 Å². The Balaban J connectivity index is 1.37. The summed E-state index contributed by atoms with van der Waals surface area (Å²) in [5.41, 5.74) is 1.86. The minimum atomic E-state index is -4.59. The van der Waals surface area contributed by atoms with Gasteiger partial charge >= 0.3 is 6.18 Å². The van der Waals surface area contributed by atoms with Crippen molar-refractivity contribution in [3.8, 4) is 11.3 Å². The van der Waals surface area contributed by atoms with Gasteiger partial charge < -0.3 is 15.2 Å². The number of carbonyl (C=O) groups is 1. The third kappa shape index (κ3) is 5.68. The highest BCUT2D eigenvalue weighted by atomic mass is 19.4. The van der Waals surface area contributed by atoms with E-state index in [1.165, 1.54) is 13.2 Å². The maximum Gasteiger partial charge on any atom is 0.435 e. The molecule has 1 atom stereocenters. The molecule has 4 aromatic rings. The molecule has 0 radical (unpaired) electrons. The van der Waals surface area contributed by atoms with E-state index < -0.39 is 17.8 Å². The Labute approximate surface area is 228 Å². The van der Waals surface area contributed by atoms with E-state index in [4.69, 9.17) is 4.52 Å². The van der Waals surface area contributed by atoms with Crippen molar-refractivity contribution in [2.45, 2.75) is 64.1 Å². The summed E-state index contributed by atoms with van der Waals surface area (Å²) in [6.45, 7) is 5.78. The first kappa shape index (κ1) is 27.3. The highest BCUT2D eigenvalue weighted by molar-refractivity contribution is 5.90. The zero-order valence-electron chi connectivity index (χ0n) is 22.5. The van der Waals surface area contributed by atoms with Crippen LogP contribution < -0.4 is 10.6 Å². The predicted octanol–water partition coefficient (Wildman–Crippen LogP) is 5.52. The second kappa shape index (κ2) is 10.4. The van der Waals surface area contributed by atoms with Crippen LogP contribution in [-0.4, -0.2) is 35.8 Å². The summed E-state index contributed by atoms with van der Waals surface area (Å²) >= 11 is 0. The second-order valence-electron chi connectivity index (χ2n) is 10.8. The molecule has 0 saturated carbocycles. The van der Waals surface area contributed by atoms with Crippen molar-refractivity contribution in [1.29, 1.82) is 0 Å². The van der Waals surface area contributed by atoms with Gasteiger partial charge in [0.1, 0.15) is 0 Å². The number of fused-ring (bicyclic) bond motifs is 1. The number of nitrogens with one attached hydrogen (secondary N) is 2. The molecule has 0 fully saturated rings. The number of alkyl halides is 3. The van der Waals surface area contributed by atoms with Crippen LogP contribution in [0.3, 0.4) is 0 Å². The Morgan fingerprint density at radius 1 is 1.12 bits per heavy atom. The van der Waals surface area contributed by atoms with Crippen LogP contribution in [0.1, 0.15) is 79.4 Å². The topological polar surface area (TPSA) is 124 Å². The third-order valence-electron chi connectivity index (χ3n) is 6.69. The second-order valence-corrected chi connectivity index (χ2v) is 10.8. The maximum atomic E-state index is 13.5. The Hall–Kier alpha value is -4.29. The summed E-state index contributed by atoms with van der Waals surface area (Å²) in [5, 5.41) is 13.3. The molecule has 3 aromatic heterocycles. The molecular formula is C27H29F3N8O2. The van der Waals surface area contributed by atoms with Crippen LogP contribution >= 0.6 is 0 Å². The summed E-state index contributed by atoms with van der Waals surface area (Å²) in [6, 6.07) is 7.30. The molecule has 0 aliphatic heterocycles. The van der Waals surface area contributed by atoms with Crippen LogP contribution in [0.15, 0.2) is 41.2 Å². The summed E-state index contributed by atoms with van der Waals surface area (Å²) in [5.74, 6) is 0.00298. The molecule has 210 valence electrons. The first-order valence-electron chi connectivity index (χ1n) is 12.9. The number of benzene rings is 1. The van der Waals surface area contributed by atoms with Gasteiger partial charge in [0.05, 0.1) is 23.6 Å². The average Bonchev–Trinajstić information content (AvgIpc) is 3.48. The average molecular weight is 555 g/mol. The lowest BCUT2D eigenvalue weighted by atomic mass is 9.95. The number of halogens is 3. The fourth-order valence-electron chi connectivity index (χ4n) is 4.70. The molecule has 3 heterocycles. The van der Waals surface area contributed by atoms with E-state index in [0.717, 1.165) is 53.3 Å². The molecule has 1 aromatic carbocycles. The quantitative estimate of drug-likeness (QED) is 0.309. The maximum absolute atomic E-state index is 13.5. The van der Waals surface area contributed by atoms with Crippen molar-refractivity contribution in [1.82, 2.24) is 35.2 Å². The minimum Gasteiger partial charge on any atom is -0.342 e. The van der Waals surface area contributed by atoms with Gasteiger partial charge in [-0.25, -0.2) is 9.97 Å². The van der Waals surface area contributed by atoms with E-state index in [-0.39, 0.29) is 28.9 Å². The van der Waals surface area contributed by atoms with Gasteiger partial charge in [-0.15, -0.1) is 0 Å². The number of anilines is 2. The number of hydrogen-bond donors (Lipinski definition) is 2. The SMILES string of the molecule is Cn1ncc(Nc2nccc(-c3ccc4c(c3)CCCC[C@@H]4NC(=O)c3noc(C(C)(C)C)n3)n2)c1C(F)(F)F. The van der Waals surface area contributed by atoms with Gasteiger partial charge in [0.25, 0.3) is 11.7 Å². The molecule has 13 heteroatoms. The largest absolute Gasteiger partial charge is 0.435 e. The molecule has 0 saturated heterocycles. The number of aromatic nitrogens is 6. The molecule has 0 bridgehead atoms. The molecule has 0 spiro atoms. The van der Waals surface area contributed by atoms with Gasteiger partial charge in [-0.05, 0) is 42.5 Å². The van der Waals surface area contributed by atoms with Gasteiger partial charge in [-0.2, -0.15) is 23.3 Å². The predicted molar refractivity (Wildman–Crippen MR) is 140 cm³/mol. The third-order valence-corrected chi connectivity index (χ3v) is 6.69. The van der Waals surface area contributed by atoms with E-state index in [9.17, 15) is 18.0 Å². The van der Waals surface area contributed by atoms with Gasteiger partial charge in [-0.1, -0.05) is 44.5 Å². The van der Waals surface area contributed by atoms with E-state index >= 15 is 0 Å². The highest BCUT2D eigenvalue weighted by Gasteiger charge is 2.38. The first-order chi connectivity index (χ1) is 18.9. The zero-order valence-corrected chi connectivity index (χ0v) is 22.5. The molecule has 0 unspecified atom stereocenters. The van der Waals surface area contributed by atoms with Crippen LogP contribution in [-0.2, 0) is 25.1 Å². The number of aryl methyl sites for hydroxylation is 2. The molecule has 2 N–H and O–H groups in total. The van der Waals surface area contributed by atoms with Crippen molar-refractivity contribution in [2.75, 3.05) is 5.32 Å². The standard InChI is InChI=1S/C27H29F3N8O2/c1-26(2,3)24-36-22(37-40-24)23(39)33-19-8-6-5-7-15-13-16(9-10-17(15)19)18-11-12-31-25(34-18)35-20-14-32-38(4)21(20)27(28,29)30/h9-14,19H,5-8H2,1-4H3,(H,33,39)(H,31,34,35)/t19-/m0/s1. The van der Waals surface area contributed by atoms with Gasteiger partial charge in [0, 0.05) is 24.2 Å². The number of amides is 1. The molecule has 10 nitrogen and oxygen atoms in total. The Kier molecular flexibility index (Phi) is 7.06. The summed E-state index contributed by atoms with van der Waals surface area (Å²) in [6.07, 6.45) is 1.42. The number of carbonyl (C=O) groups excluding carboxylic acids is 1. The molecule has 1 aliphatic carbocycles. The van der Waals surface area contributed by atoms with E-state index in [0.29, 0.717) is 11.6 Å². The summed E-state index contributed by atoms with van der Waals surface area (Å²) < 4.78 is 46.4. The Bertz CT molecular complexity index is 1540. The fourth-order valence-corrected chi connectivity index (χ4v) is 4.70. The van der Waals surface area contributed by atoms with Crippen molar-refractivity contribution in [2.24, 2.45) is 7.05 Å². The van der Waals surface area contributed by atoms with Crippen molar-refractivity contribution in [3.05, 3.63) is 65.2 Å². The molecular weight excluding hydrogens is 525 g/mol. The first-order valence-corrected chi connectivity index (χ1v) is 12.9. The monoisotopic (exact) mass is 554 g/mol. The Morgan fingerprint density at radius 2 is 1.93 bits per heavy atom. The normalized spacial score (nSPS) is 15.8. The van der Waals surface area contributed by atoms with Crippen LogP contribution in [0.25, 0.3) is 11.3 Å². The highest BCUT2D eigenvalue weighted by Crippen LogP contribution is 2.36. The zero-order chi connectivity index (χ0) is 28.7. The van der Waals surface area contributed by atoms with Crippen LogP contribution in [0, 0.1) is 0 Å². The minimum absolute atomic E-state index is 0.00402. The van der Waals surface area contributed by atoms with Gasteiger partial charge in [0.2, 0.25) is 11.8 Å². The molecule has 5 rings (SSSR count). The van der Waals surface area contributed by atoms with E-state index in [2.05, 4.69) is 35.8 Å². The summed E-state index contributed by atoms with van der Waals surface area (Å²) in [4.78, 5) is 25.7. The smallest absolute Gasteiger partial charge is 0.342 e. The lowest BCUT2D eigenvalue weighted by molar-refractivity contribution is -0.143. The van der Waals surface area contributed by atoms with Gasteiger partial charge in [0.15, 0.2) is 5.69 Å². The molecule has 40 heavy (non-hydrogen) atoms. The van der Waals surface area contributed by atoms with E-state index in [1.807, 2.05) is 39.0 Å². The molecule has 1 amide bonds. The lowest BCUT2D eigenvalue weighted by Crippen LogP contribution is -2.29. The van der Waals surface area contributed by atoms with Crippen molar-refractivity contribution in [3.63, 3.8) is 0 Å². The van der Waals surface area contributed by atoms with Crippen LogP contribution in [0.5, 0.6) is 0 Å². The number of nitrogens with zero attached hydrogens (tertiary/aromatic N) is 6. The van der Waals surface area contributed by atoms with Crippen LogP contribution in [0.2, 0.25) is 0 Å².